The van der Waals surface area contributed by atoms with Crippen molar-refractivity contribution in [2.75, 3.05) is 32.8 Å². The van der Waals surface area contributed by atoms with E-state index in [9.17, 15) is 17.6 Å². The first-order valence-corrected chi connectivity index (χ1v) is 8.05. The van der Waals surface area contributed by atoms with Gasteiger partial charge in [0.05, 0.1) is 11.5 Å². The molecule has 0 radical (unpaired) electrons. The Morgan fingerprint density at radius 1 is 1.29 bits per heavy atom. The van der Waals surface area contributed by atoms with Gasteiger partial charge in [0.2, 0.25) is 16.4 Å². The Morgan fingerprint density at radius 3 is 2.48 bits per heavy atom. The van der Waals surface area contributed by atoms with Crippen LogP contribution < -0.4 is 4.74 Å². The quantitative estimate of drug-likeness (QED) is 0.750. The minimum atomic E-state index is -3.75. The first kappa shape index (κ1) is 15.7. The summed E-state index contributed by atoms with van der Waals surface area (Å²) in [5, 5.41) is 0. The molecular weight excluding hydrogens is 299 g/mol. The zero-order valence-electron chi connectivity index (χ0n) is 11.7. The Morgan fingerprint density at radius 2 is 1.95 bits per heavy atom. The largest absolute Gasteiger partial charge is 0.491 e. The highest BCUT2D eigenvalue weighted by atomic mass is 32.2. The Balaban J connectivity index is 2.20. The van der Waals surface area contributed by atoms with Crippen molar-refractivity contribution in [3.63, 3.8) is 0 Å². The molecule has 0 atom stereocenters. The molecule has 1 aliphatic rings. The van der Waals surface area contributed by atoms with E-state index in [2.05, 4.69) is 0 Å². The van der Waals surface area contributed by atoms with Gasteiger partial charge in [-0.2, -0.15) is 4.31 Å². The molecule has 1 amide bonds. The van der Waals surface area contributed by atoms with Gasteiger partial charge >= 0.3 is 0 Å². The number of amides is 1. The van der Waals surface area contributed by atoms with Gasteiger partial charge in [0, 0.05) is 26.2 Å². The molecule has 116 valence electrons. The summed E-state index contributed by atoms with van der Waals surface area (Å²) < 4.78 is 44.9. The second-order valence-electron chi connectivity index (χ2n) is 4.57. The fourth-order valence-electron chi connectivity index (χ4n) is 2.11. The summed E-state index contributed by atoms with van der Waals surface area (Å²) in [5.41, 5.74) is 0. The molecule has 0 spiro atoms. The predicted octanol–water partition coefficient (Wildman–Crippen LogP) is 0.687. The molecule has 1 aromatic rings. The Hall–Kier alpha value is -1.67. The van der Waals surface area contributed by atoms with Crippen molar-refractivity contribution in [2.45, 2.75) is 11.8 Å². The van der Waals surface area contributed by atoms with Crippen molar-refractivity contribution in [2.24, 2.45) is 0 Å². The van der Waals surface area contributed by atoms with Gasteiger partial charge in [-0.05, 0) is 25.1 Å². The van der Waals surface area contributed by atoms with Crippen LogP contribution in [0.4, 0.5) is 4.39 Å². The van der Waals surface area contributed by atoms with Gasteiger partial charge in [0.1, 0.15) is 0 Å². The van der Waals surface area contributed by atoms with Crippen LogP contribution in [-0.2, 0) is 14.8 Å². The molecule has 2 rings (SSSR count). The number of piperazine rings is 1. The van der Waals surface area contributed by atoms with Crippen molar-refractivity contribution < 1.29 is 22.3 Å². The molecule has 6 nitrogen and oxygen atoms in total. The zero-order chi connectivity index (χ0) is 15.5. The Bertz CT molecular complexity index is 613. The molecule has 0 N–H and O–H groups in total. The first-order chi connectivity index (χ1) is 9.98. The maximum Gasteiger partial charge on any atom is 0.243 e. The number of ether oxygens (including phenoxy) is 1. The molecular formula is C13H17FN2O4S. The van der Waals surface area contributed by atoms with Crippen molar-refractivity contribution >= 4 is 16.4 Å². The third-order valence-corrected chi connectivity index (χ3v) is 5.16. The number of rotatable bonds is 5. The molecule has 0 aliphatic carbocycles. The average Bonchev–Trinajstić information content (AvgIpc) is 2.49. The minimum Gasteiger partial charge on any atom is -0.491 e. The average molecular weight is 316 g/mol. The summed E-state index contributed by atoms with van der Waals surface area (Å²) in [6, 6.07) is 3.61. The summed E-state index contributed by atoms with van der Waals surface area (Å²) in [4.78, 5) is 12.0. The van der Waals surface area contributed by atoms with E-state index >= 15 is 0 Å². The number of carbonyl (C=O) groups excluding carboxylic acids is 1. The van der Waals surface area contributed by atoms with Crippen LogP contribution in [0, 0.1) is 5.82 Å². The van der Waals surface area contributed by atoms with E-state index < -0.39 is 15.8 Å². The summed E-state index contributed by atoms with van der Waals surface area (Å²) in [5.74, 6) is -0.674. The van der Waals surface area contributed by atoms with Gasteiger partial charge in [0.15, 0.2) is 11.6 Å². The molecule has 1 aromatic carbocycles. The fourth-order valence-corrected chi connectivity index (χ4v) is 3.55. The molecule has 0 aromatic heterocycles. The van der Waals surface area contributed by atoms with Crippen LogP contribution in [-0.4, -0.2) is 56.8 Å². The van der Waals surface area contributed by atoms with Crippen LogP contribution in [0.25, 0.3) is 0 Å². The smallest absolute Gasteiger partial charge is 0.243 e. The van der Waals surface area contributed by atoms with Crippen LogP contribution in [0.15, 0.2) is 23.1 Å². The van der Waals surface area contributed by atoms with Gasteiger partial charge in [-0.1, -0.05) is 0 Å². The van der Waals surface area contributed by atoms with Crippen molar-refractivity contribution in [3.8, 4) is 5.75 Å². The lowest BCUT2D eigenvalue weighted by Gasteiger charge is -2.31. The molecule has 1 saturated heterocycles. The number of hydrogen-bond acceptors (Lipinski definition) is 4. The lowest BCUT2D eigenvalue weighted by atomic mass is 10.3. The fraction of sp³-hybridized carbons (Fsp3) is 0.462. The normalized spacial score (nSPS) is 16.8. The molecule has 0 unspecified atom stereocenters. The van der Waals surface area contributed by atoms with Gasteiger partial charge in [-0.3, -0.25) is 4.79 Å². The highest BCUT2D eigenvalue weighted by molar-refractivity contribution is 7.89. The Labute approximate surface area is 123 Å². The SMILES string of the molecule is CCOc1ccc(S(=O)(=O)N2CCN(C=O)CC2)cc1F. The minimum absolute atomic E-state index is 0.0298. The van der Waals surface area contributed by atoms with Crippen LogP contribution in [0.3, 0.4) is 0 Å². The Kier molecular flexibility index (Phi) is 4.79. The topological polar surface area (TPSA) is 66.9 Å². The maximum atomic E-state index is 13.8. The van der Waals surface area contributed by atoms with E-state index in [1.54, 1.807) is 6.92 Å². The van der Waals surface area contributed by atoms with Crippen molar-refractivity contribution in [1.29, 1.82) is 0 Å². The third kappa shape index (κ3) is 3.33. The first-order valence-electron chi connectivity index (χ1n) is 6.61. The van der Waals surface area contributed by atoms with E-state index in [1.165, 1.54) is 21.3 Å². The predicted molar refractivity (Wildman–Crippen MR) is 74.0 cm³/mol. The second kappa shape index (κ2) is 6.40. The van der Waals surface area contributed by atoms with Crippen LogP contribution >= 0.6 is 0 Å². The van der Waals surface area contributed by atoms with Gasteiger partial charge in [0.25, 0.3) is 0 Å². The van der Waals surface area contributed by atoms with Crippen molar-refractivity contribution in [3.05, 3.63) is 24.0 Å². The molecule has 0 saturated carbocycles. The molecule has 8 heteroatoms. The lowest BCUT2D eigenvalue weighted by molar-refractivity contribution is -0.119. The summed E-state index contributed by atoms with van der Waals surface area (Å²) in [6.07, 6.45) is 0.695. The van der Waals surface area contributed by atoms with Gasteiger partial charge in [-0.15, -0.1) is 0 Å². The second-order valence-corrected chi connectivity index (χ2v) is 6.51. The monoisotopic (exact) mass is 316 g/mol. The highest BCUT2D eigenvalue weighted by Crippen LogP contribution is 2.24. The number of hydrogen-bond donors (Lipinski definition) is 0. The van der Waals surface area contributed by atoms with E-state index in [1.807, 2.05) is 0 Å². The zero-order valence-corrected chi connectivity index (χ0v) is 12.5. The van der Waals surface area contributed by atoms with E-state index in [-0.39, 0.29) is 23.7 Å². The number of benzene rings is 1. The summed E-state index contributed by atoms with van der Waals surface area (Å²) in [6.45, 7) is 3.10. The van der Waals surface area contributed by atoms with E-state index in [4.69, 9.17) is 4.74 Å². The standard InChI is InChI=1S/C13H17FN2O4S/c1-2-20-13-4-3-11(9-12(13)14)21(18,19)16-7-5-15(10-17)6-8-16/h3-4,9-10H,2,5-8H2,1H3. The van der Waals surface area contributed by atoms with Crippen LogP contribution in [0.5, 0.6) is 5.75 Å². The van der Waals surface area contributed by atoms with Gasteiger partial charge < -0.3 is 9.64 Å². The van der Waals surface area contributed by atoms with Crippen LogP contribution in [0.1, 0.15) is 6.92 Å². The maximum absolute atomic E-state index is 13.8. The molecule has 1 aliphatic heterocycles. The highest BCUT2D eigenvalue weighted by Gasteiger charge is 2.28. The molecule has 1 fully saturated rings. The number of nitrogens with zero attached hydrogens (tertiary/aromatic N) is 2. The van der Waals surface area contributed by atoms with Crippen LogP contribution in [0.2, 0.25) is 0 Å². The third-order valence-electron chi connectivity index (χ3n) is 3.26. The van der Waals surface area contributed by atoms with Gasteiger partial charge in [-0.25, -0.2) is 12.8 Å². The van der Waals surface area contributed by atoms with Crippen molar-refractivity contribution in [1.82, 2.24) is 9.21 Å². The molecule has 0 bridgehead atoms. The summed E-state index contributed by atoms with van der Waals surface area (Å²) in [7, 11) is -3.75. The molecule has 21 heavy (non-hydrogen) atoms. The van der Waals surface area contributed by atoms with E-state index in [0.29, 0.717) is 26.1 Å². The molecule has 1 heterocycles. The summed E-state index contributed by atoms with van der Waals surface area (Å²) >= 11 is 0. The lowest BCUT2D eigenvalue weighted by Crippen LogP contribution is -2.47. The van der Waals surface area contributed by atoms with E-state index in [0.717, 1.165) is 6.07 Å². The number of sulfonamides is 1. The number of carbonyl (C=O) groups is 1. The number of halogens is 1.